The third-order valence-corrected chi connectivity index (χ3v) is 4.00. The van der Waals surface area contributed by atoms with Gasteiger partial charge in [-0.05, 0) is 17.7 Å². The summed E-state index contributed by atoms with van der Waals surface area (Å²) in [7, 11) is 4.31. The molecule has 7 nitrogen and oxygen atoms in total. The van der Waals surface area contributed by atoms with E-state index in [1.807, 2.05) is 0 Å². The second kappa shape index (κ2) is 9.37. The minimum absolute atomic E-state index is 0.207. The van der Waals surface area contributed by atoms with Crippen LogP contribution in [0.25, 0.3) is 0 Å². The van der Waals surface area contributed by atoms with E-state index in [1.54, 1.807) is 0 Å². The lowest BCUT2D eigenvalue weighted by molar-refractivity contribution is -0.137. The summed E-state index contributed by atoms with van der Waals surface area (Å²) in [5, 5.41) is 15.1. The molecule has 1 atom stereocenters. The molecule has 0 saturated carbocycles. The molecule has 0 aliphatic heterocycles. The fourth-order valence-electron chi connectivity index (χ4n) is 2.53. The van der Waals surface area contributed by atoms with Crippen LogP contribution >= 0.6 is 0 Å². The van der Waals surface area contributed by atoms with Gasteiger partial charge in [-0.2, -0.15) is 13.2 Å². The van der Waals surface area contributed by atoms with Crippen LogP contribution in [0.1, 0.15) is 17.2 Å². The summed E-state index contributed by atoms with van der Waals surface area (Å²) in [5.41, 5.74) is -0.228. The molecular weight excluding hydrogens is 393 g/mol. The Kier molecular flexibility index (Phi) is 7.16. The molecule has 2 rings (SSSR count). The van der Waals surface area contributed by atoms with Crippen molar-refractivity contribution >= 4 is 11.7 Å². The Balaban J connectivity index is 1.99. The molecule has 2 amide bonds. The van der Waals surface area contributed by atoms with E-state index in [4.69, 9.17) is 14.2 Å². The highest BCUT2D eigenvalue weighted by atomic mass is 19.4. The minimum Gasteiger partial charge on any atom is -0.493 e. The number of carbonyl (C=O) groups is 1. The lowest BCUT2D eigenvalue weighted by Crippen LogP contribution is -2.32. The maximum atomic E-state index is 12.6. The number of alkyl halides is 3. The van der Waals surface area contributed by atoms with Crippen LogP contribution in [0, 0.1) is 0 Å². The van der Waals surface area contributed by atoms with Crippen molar-refractivity contribution in [1.29, 1.82) is 0 Å². The van der Waals surface area contributed by atoms with Gasteiger partial charge in [-0.1, -0.05) is 12.1 Å². The molecule has 0 bridgehead atoms. The van der Waals surface area contributed by atoms with Crippen LogP contribution in [-0.4, -0.2) is 39.0 Å². The predicted molar refractivity (Wildman–Crippen MR) is 99.5 cm³/mol. The fourth-order valence-corrected chi connectivity index (χ4v) is 2.53. The number of ether oxygens (including phenoxy) is 3. The highest BCUT2D eigenvalue weighted by molar-refractivity contribution is 5.90. The number of benzene rings is 2. The molecule has 0 aromatic heterocycles. The van der Waals surface area contributed by atoms with Crippen LogP contribution in [0.4, 0.5) is 23.7 Å². The number of aliphatic hydroxyl groups is 1. The highest BCUT2D eigenvalue weighted by Crippen LogP contribution is 2.39. The number of hydrogen-bond donors (Lipinski definition) is 3. The lowest BCUT2D eigenvalue weighted by Gasteiger charge is -2.16. The van der Waals surface area contributed by atoms with Gasteiger partial charge in [0.15, 0.2) is 11.5 Å². The van der Waals surface area contributed by atoms with E-state index < -0.39 is 23.9 Å². The lowest BCUT2D eigenvalue weighted by atomic mass is 10.1. The molecule has 29 heavy (non-hydrogen) atoms. The van der Waals surface area contributed by atoms with E-state index in [9.17, 15) is 23.1 Å². The quantitative estimate of drug-likeness (QED) is 0.645. The third kappa shape index (κ3) is 5.67. The Morgan fingerprint density at radius 2 is 1.59 bits per heavy atom. The maximum Gasteiger partial charge on any atom is 0.416 e. The standard InChI is InChI=1S/C19H21F3N2O5/c1-27-15-8-13(9-16(28-2)17(15)29-3)24-18(26)23-10-14(25)11-4-6-12(7-5-11)19(20,21)22/h4-9,14,25H,10H2,1-3H3,(H2,23,24,26). The average molecular weight is 414 g/mol. The second-order valence-corrected chi connectivity index (χ2v) is 5.88. The van der Waals surface area contributed by atoms with Gasteiger partial charge < -0.3 is 30.0 Å². The number of methoxy groups -OCH3 is 3. The summed E-state index contributed by atoms with van der Waals surface area (Å²) in [6.07, 6.45) is -5.63. The van der Waals surface area contributed by atoms with Crippen molar-refractivity contribution in [2.45, 2.75) is 12.3 Å². The summed E-state index contributed by atoms with van der Waals surface area (Å²) in [6.45, 7) is -0.207. The molecule has 0 heterocycles. The zero-order chi connectivity index (χ0) is 21.6. The molecule has 2 aromatic rings. The second-order valence-electron chi connectivity index (χ2n) is 5.88. The van der Waals surface area contributed by atoms with Crippen molar-refractivity contribution in [3.63, 3.8) is 0 Å². The van der Waals surface area contributed by atoms with E-state index in [0.29, 0.717) is 22.9 Å². The van der Waals surface area contributed by atoms with Crippen LogP contribution < -0.4 is 24.8 Å². The van der Waals surface area contributed by atoms with E-state index in [0.717, 1.165) is 24.3 Å². The van der Waals surface area contributed by atoms with Gasteiger partial charge in [0.1, 0.15) is 0 Å². The van der Waals surface area contributed by atoms with E-state index in [2.05, 4.69) is 10.6 Å². The van der Waals surface area contributed by atoms with Crippen LogP contribution in [0.5, 0.6) is 17.2 Å². The molecule has 158 valence electrons. The number of hydrogen-bond acceptors (Lipinski definition) is 5. The van der Waals surface area contributed by atoms with Crippen LogP contribution in [-0.2, 0) is 6.18 Å². The SMILES string of the molecule is COc1cc(NC(=O)NCC(O)c2ccc(C(F)(F)F)cc2)cc(OC)c1OC. The van der Waals surface area contributed by atoms with Gasteiger partial charge in [0.05, 0.1) is 38.7 Å². The smallest absolute Gasteiger partial charge is 0.416 e. The van der Waals surface area contributed by atoms with Crippen molar-refractivity contribution in [2.75, 3.05) is 33.2 Å². The summed E-state index contributed by atoms with van der Waals surface area (Å²) >= 11 is 0. The van der Waals surface area contributed by atoms with Gasteiger partial charge in [-0.25, -0.2) is 4.79 Å². The van der Waals surface area contributed by atoms with Crippen molar-refractivity contribution in [2.24, 2.45) is 0 Å². The number of amides is 2. The van der Waals surface area contributed by atoms with Gasteiger partial charge in [0.2, 0.25) is 5.75 Å². The summed E-state index contributed by atoms with van der Waals surface area (Å²) < 4.78 is 53.3. The van der Waals surface area contributed by atoms with Gasteiger partial charge in [0.25, 0.3) is 0 Å². The molecule has 0 aliphatic carbocycles. The zero-order valence-electron chi connectivity index (χ0n) is 16.0. The Labute approximate surface area is 165 Å². The van der Waals surface area contributed by atoms with Crippen molar-refractivity contribution < 1.29 is 37.3 Å². The number of urea groups is 1. The zero-order valence-corrected chi connectivity index (χ0v) is 16.0. The number of nitrogens with one attached hydrogen (secondary N) is 2. The van der Waals surface area contributed by atoms with E-state index in [-0.39, 0.29) is 12.1 Å². The highest BCUT2D eigenvalue weighted by Gasteiger charge is 2.30. The molecule has 1 unspecified atom stereocenters. The first-order valence-corrected chi connectivity index (χ1v) is 8.39. The van der Waals surface area contributed by atoms with Crippen LogP contribution in [0.15, 0.2) is 36.4 Å². The Hall–Kier alpha value is -3.14. The van der Waals surface area contributed by atoms with Crippen LogP contribution in [0.3, 0.4) is 0 Å². The topological polar surface area (TPSA) is 89.1 Å². The van der Waals surface area contributed by atoms with Crippen molar-refractivity contribution in [3.8, 4) is 17.2 Å². The molecule has 0 saturated heterocycles. The van der Waals surface area contributed by atoms with Gasteiger partial charge in [0, 0.05) is 18.7 Å². The summed E-state index contributed by atoms with van der Waals surface area (Å²) in [6, 6.07) is 6.47. The Morgan fingerprint density at radius 3 is 2.03 bits per heavy atom. The first-order chi connectivity index (χ1) is 13.7. The Morgan fingerprint density at radius 1 is 1.03 bits per heavy atom. The number of carbonyl (C=O) groups excluding carboxylic acids is 1. The molecule has 0 spiro atoms. The number of aliphatic hydroxyl groups excluding tert-OH is 1. The van der Waals surface area contributed by atoms with Crippen molar-refractivity contribution in [3.05, 3.63) is 47.5 Å². The largest absolute Gasteiger partial charge is 0.493 e. The molecule has 0 fully saturated rings. The molecular formula is C19H21F3N2O5. The van der Waals surface area contributed by atoms with Gasteiger partial charge in [-0.15, -0.1) is 0 Å². The first kappa shape index (κ1) is 22.2. The Bertz CT molecular complexity index is 816. The average Bonchev–Trinajstić information content (AvgIpc) is 2.70. The molecule has 3 N–H and O–H groups in total. The van der Waals surface area contributed by atoms with Gasteiger partial charge in [-0.3, -0.25) is 0 Å². The fraction of sp³-hybridized carbons (Fsp3) is 0.316. The van der Waals surface area contributed by atoms with Crippen LogP contribution in [0.2, 0.25) is 0 Å². The molecule has 0 aliphatic rings. The van der Waals surface area contributed by atoms with E-state index in [1.165, 1.54) is 33.5 Å². The van der Waals surface area contributed by atoms with E-state index >= 15 is 0 Å². The number of halogens is 3. The molecule has 2 aromatic carbocycles. The molecule has 10 heteroatoms. The van der Waals surface area contributed by atoms with Gasteiger partial charge >= 0.3 is 12.2 Å². The predicted octanol–water partition coefficient (Wildman–Crippen LogP) is 3.59. The number of anilines is 1. The summed E-state index contributed by atoms with van der Waals surface area (Å²) in [5.74, 6) is 1.04. The first-order valence-electron chi connectivity index (χ1n) is 8.39. The minimum atomic E-state index is -4.46. The summed E-state index contributed by atoms with van der Waals surface area (Å²) in [4.78, 5) is 12.1. The number of rotatable bonds is 7. The normalized spacial score (nSPS) is 12.1. The third-order valence-electron chi connectivity index (χ3n) is 4.00. The molecule has 0 radical (unpaired) electrons. The monoisotopic (exact) mass is 414 g/mol. The van der Waals surface area contributed by atoms with Crippen molar-refractivity contribution in [1.82, 2.24) is 5.32 Å². The maximum absolute atomic E-state index is 12.6.